The molecule has 0 spiro atoms. The van der Waals surface area contributed by atoms with Gasteiger partial charge in [-0.3, -0.25) is 9.38 Å². The minimum Gasteiger partial charge on any atom is -0.277 e. The monoisotopic (exact) mass is 119 g/mol. The summed E-state index contributed by atoms with van der Waals surface area (Å²) >= 11 is 0. The third kappa shape index (κ3) is 0.561. The van der Waals surface area contributed by atoms with Gasteiger partial charge in [0.1, 0.15) is 0 Å². The van der Waals surface area contributed by atoms with E-state index in [9.17, 15) is 0 Å². The van der Waals surface area contributed by atoms with Crippen molar-refractivity contribution in [1.82, 2.24) is 19.6 Å². The zero-order valence-electron chi connectivity index (χ0n) is 4.52. The highest BCUT2D eigenvalue weighted by atomic mass is 15.2. The summed E-state index contributed by atoms with van der Waals surface area (Å²) in [4.78, 5) is 3.84. The number of rotatable bonds is 0. The van der Waals surface area contributed by atoms with Crippen LogP contribution in [0.15, 0.2) is 18.6 Å². The molecule has 0 amide bonds. The van der Waals surface area contributed by atoms with Gasteiger partial charge < -0.3 is 0 Å². The molecule has 2 heterocycles. The van der Waals surface area contributed by atoms with Gasteiger partial charge >= 0.3 is 0 Å². The van der Waals surface area contributed by atoms with Gasteiger partial charge in [0.2, 0.25) is 6.33 Å². The van der Waals surface area contributed by atoms with Crippen LogP contribution in [0.5, 0.6) is 0 Å². The molecular formula is C5H3N4. The number of fused-ring (bicyclic) bond motifs is 1. The van der Waals surface area contributed by atoms with Crippen molar-refractivity contribution < 1.29 is 0 Å². The van der Waals surface area contributed by atoms with E-state index in [2.05, 4.69) is 21.5 Å². The Morgan fingerprint density at radius 1 is 1.56 bits per heavy atom. The Morgan fingerprint density at radius 3 is 3.44 bits per heavy atom. The van der Waals surface area contributed by atoms with E-state index in [1.165, 1.54) is 0 Å². The Hall–Kier alpha value is -1.45. The van der Waals surface area contributed by atoms with E-state index in [0.717, 1.165) is 5.65 Å². The van der Waals surface area contributed by atoms with Gasteiger partial charge in [-0.25, -0.2) is 0 Å². The predicted molar refractivity (Wildman–Crippen MR) is 29.6 cm³/mol. The zero-order chi connectivity index (χ0) is 6.10. The molecule has 0 aliphatic heterocycles. The molecule has 2 aromatic rings. The quantitative estimate of drug-likeness (QED) is 0.487. The van der Waals surface area contributed by atoms with Crippen LogP contribution in [-0.2, 0) is 0 Å². The summed E-state index contributed by atoms with van der Waals surface area (Å²) in [6.45, 7) is 0. The molecule has 9 heavy (non-hydrogen) atoms. The summed E-state index contributed by atoms with van der Waals surface area (Å²) in [6, 6.07) is 0. The minimum atomic E-state index is 0.720. The van der Waals surface area contributed by atoms with Crippen LogP contribution in [-0.4, -0.2) is 19.6 Å². The van der Waals surface area contributed by atoms with Crippen molar-refractivity contribution in [1.29, 1.82) is 0 Å². The average Bonchev–Trinajstić information content (AvgIpc) is 2.33. The van der Waals surface area contributed by atoms with Gasteiger partial charge in [-0.05, 0) is 0 Å². The minimum absolute atomic E-state index is 0.720. The highest BCUT2D eigenvalue weighted by Gasteiger charge is 1.89. The van der Waals surface area contributed by atoms with Crippen LogP contribution in [0.25, 0.3) is 5.65 Å². The summed E-state index contributed by atoms with van der Waals surface area (Å²) in [5.41, 5.74) is 0.720. The summed E-state index contributed by atoms with van der Waals surface area (Å²) in [6.07, 6.45) is 7.67. The van der Waals surface area contributed by atoms with Crippen molar-refractivity contribution in [3.63, 3.8) is 0 Å². The zero-order valence-corrected chi connectivity index (χ0v) is 4.52. The van der Waals surface area contributed by atoms with Crippen LogP contribution >= 0.6 is 0 Å². The lowest BCUT2D eigenvalue weighted by Crippen LogP contribution is -1.81. The normalized spacial score (nSPS) is 10.2. The second-order valence-electron chi connectivity index (χ2n) is 1.60. The van der Waals surface area contributed by atoms with Crippen molar-refractivity contribution >= 4 is 5.65 Å². The fraction of sp³-hybridized carbons (Fsp3) is 0. The number of nitrogens with zero attached hydrogens (tertiary/aromatic N) is 4. The molecule has 0 aliphatic rings. The van der Waals surface area contributed by atoms with E-state index >= 15 is 0 Å². The van der Waals surface area contributed by atoms with E-state index < -0.39 is 0 Å². The third-order valence-corrected chi connectivity index (χ3v) is 1.04. The van der Waals surface area contributed by atoms with Crippen LogP contribution in [0.1, 0.15) is 0 Å². The fourth-order valence-electron chi connectivity index (χ4n) is 0.634. The standard InChI is InChI=1S/C5H3N4/c1-2-9-4-7-8-5(9)3-6-1/h1-3H. The molecule has 0 unspecified atom stereocenters. The molecule has 2 aromatic heterocycles. The molecule has 4 heteroatoms. The Morgan fingerprint density at radius 2 is 2.56 bits per heavy atom. The maximum atomic E-state index is 3.84. The maximum absolute atomic E-state index is 3.84. The molecule has 0 saturated carbocycles. The SMILES string of the molecule is [c]1nnc2cnccn12. The van der Waals surface area contributed by atoms with Crippen LogP contribution in [0.2, 0.25) is 0 Å². The van der Waals surface area contributed by atoms with Crippen molar-refractivity contribution in [3.8, 4) is 0 Å². The Labute approximate surface area is 51.2 Å². The van der Waals surface area contributed by atoms with Crippen molar-refractivity contribution in [2.75, 3.05) is 0 Å². The number of hydrogen-bond acceptors (Lipinski definition) is 3. The molecule has 0 atom stereocenters. The number of aromatic nitrogens is 4. The van der Waals surface area contributed by atoms with Crippen LogP contribution in [0.4, 0.5) is 0 Å². The summed E-state index contributed by atoms with van der Waals surface area (Å²) in [5.74, 6) is 0. The molecule has 0 aliphatic carbocycles. The van der Waals surface area contributed by atoms with E-state index in [4.69, 9.17) is 0 Å². The topological polar surface area (TPSA) is 43.1 Å². The molecule has 1 radical (unpaired) electrons. The van der Waals surface area contributed by atoms with Gasteiger partial charge in [-0.2, -0.15) is 0 Å². The Bertz CT molecular complexity index is 283. The lowest BCUT2D eigenvalue weighted by molar-refractivity contribution is 1.08. The molecule has 0 aromatic carbocycles. The molecule has 0 bridgehead atoms. The van der Waals surface area contributed by atoms with Gasteiger partial charge in [-0.15, -0.1) is 10.2 Å². The number of hydrogen-bond donors (Lipinski definition) is 0. The molecular weight excluding hydrogens is 116 g/mol. The van der Waals surface area contributed by atoms with E-state index in [-0.39, 0.29) is 0 Å². The maximum Gasteiger partial charge on any atom is 0.206 e. The molecule has 0 N–H and O–H groups in total. The highest BCUT2D eigenvalue weighted by Crippen LogP contribution is 1.90. The smallest absolute Gasteiger partial charge is 0.206 e. The lowest BCUT2D eigenvalue weighted by atomic mass is 10.7. The van der Waals surface area contributed by atoms with E-state index in [0.29, 0.717) is 0 Å². The highest BCUT2D eigenvalue weighted by molar-refractivity contribution is 5.30. The molecule has 4 nitrogen and oxygen atoms in total. The second-order valence-corrected chi connectivity index (χ2v) is 1.60. The first kappa shape index (κ1) is 4.43. The lowest BCUT2D eigenvalue weighted by Gasteiger charge is -1.83. The van der Waals surface area contributed by atoms with Gasteiger partial charge in [0.05, 0.1) is 6.20 Å². The van der Waals surface area contributed by atoms with Gasteiger partial charge in [-0.1, -0.05) is 0 Å². The Kier molecular flexibility index (Phi) is 0.745. The second kappa shape index (κ2) is 1.51. The van der Waals surface area contributed by atoms with Crippen LogP contribution in [0.3, 0.4) is 0 Å². The van der Waals surface area contributed by atoms with Crippen molar-refractivity contribution in [3.05, 3.63) is 24.9 Å². The first-order valence-corrected chi connectivity index (χ1v) is 2.49. The van der Waals surface area contributed by atoms with Crippen molar-refractivity contribution in [2.45, 2.75) is 0 Å². The van der Waals surface area contributed by atoms with Gasteiger partial charge in [0.15, 0.2) is 5.65 Å². The molecule has 0 saturated heterocycles. The first-order chi connectivity index (χ1) is 4.47. The molecule has 43 valence electrons. The third-order valence-electron chi connectivity index (χ3n) is 1.04. The fourth-order valence-corrected chi connectivity index (χ4v) is 0.634. The summed E-state index contributed by atoms with van der Waals surface area (Å²) < 4.78 is 1.67. The van der Waals surface area contributed by atoms with Crippen LogP contribution in [0, 0.1) is 6.33 Å². The average molecular weight is 119 g/mol. The van der Waals surface area contributed by atoms with E-state index in [1.54, 1.807) is 23.0 Å². The van der Waals surface area contributed by atoms with Gasteiger partial charge in [0.25, 0.3) is 0 Å². The van der Waals surface area contributed by atoms with Crippen LogP contribution < -0.4 is 0 Å². The molecule has 0 fully saturated rings. The Balaban J connectivity index is 2.95. The predicted octanol–water partition coefficient (Wildman–Crippen LogP) is -0.0755. The summed E-state index contributed by atoms with van der Waals surface area (Å²) in [5, 5.41) is 7.26. The first-order valence-electron chi connectivity index (χ1n) is 2.49. The summed E-state index contributed by atoms with van der Waals surface area (Å²) in [7, 11) is 0. The van der Waals surface area contributed by atoms with Crippen molar-refractivity contribution in [2.24, 2.45) is 0 Å². The van der Waals surface area contributed by atoms with Gasteiger partial charge in [0, 0.05) is 12.4 Å². The largest absolute Gasteiger partial charge is 0.277 e. The molecule has 2 rings (SSSR count). The van der Waals surface area contributed by atoms with E-state index in [1.807, 2.05) is 0 Å².